The van der Waals surface area contributed by atoms with E-state index >= 15 is 0 Å². The molecule has 0 saturated heterocycles. The molecule has 3 rings (SSSR count). The fraction of sp³-hybridized carbons (Fsp3) is 0.818. The number of rotatable bonds is 17. The van der Waals surface area contributed by atoms with Crippen LogP contribution in [0.25, 0.3) is 0 Å². The fourth-order valence-electron chi connectivity index (χ4n) is 6.45. The van der Waals surface area contributed by atoms with E-state index in [-0.39, 0.29) is 0 Å². The highest BCUT2D eigenvalue weighted by Gasteiger charge is 2.22. The molecule has 0 aliphatic heterocycles. The second kappa shape index (κ2) is 17.3. The van der Waals surface area contributed by atoms with Gasteiger partial charge in [0, 0.05) is 0 Å². The van der Waals surface area contributed by atoms with Crippen molar-refractivity contribution in [3.8, 4) is 11.5 Å². The molecular weight excluding hydrogens is 428 g/mol. The topological polar surface area (TPSA) is 18.5 Å². The van der Waals surface area contributed by atoms with Crippen LogP contribution in [0.1, 0.15) is 136 Å². The van der Waals surface area contributed by atoms with Gasteiger partial charge >= 0.3 is 0 Å². The van der Waals surface area contributed by atoms with Crippen molar-refractivity contribution < 1.29 is 9.47 Å². The molecule has 0 bridgehead atoms. The zero-order valence-electron chi connectivity index (χ0n) is 23.3. The van der Waals surface area contributed by atoms with Crippen LogP contribution in [0.15, 0.2) is 24.3 Å². The van der Waals surface area contributed by atoms with Gasteiger partial charge in [-0.15, -0.1) is 0 Å². The molecule has 0 amide bonds. The van der Waals surface area contributed by atoms with E-state index < -0.39 is 0 Å². The van der Waals surface area contributed by atoms with Crippen molar-refractivity contribution in [1.29, 1.82) is 0 Å². The van der Waals surface area contributed by atoms with Crippen molar-refractivity contribution in [2.45, 2.75) is 136 Å². The van der Waals surface area contributed by atoms with Gasteiger partial charge in [0.2, 0.25) is 0 Å². The molecule has 0 heterocycles. The molecule has 0 atom stereocenters. The molecule has 2 aliphatic carbocycles. The zero-order chi connectivity index (χ0) is 24.6. The molecule has 0 unspecified atom stereocenters. The molecule has 200 valence electrons. The van der Waals surface area contributed by atoms with E-state index in [1.165, 1.54) is 122 Å². The predicted octanol–water partition coefficient (Wildman–Crippen LogP) is 10.4. The maximum Gasteiger partial charge on any atom is 0.119 e. The van der Waals surface area contributed by atoms with Crippen LogP contribution in [-0.4, -0.2) is 13.2 Å². The maximum absolute atomic E-state index is 6.14. The Morgan fingerprint density at radius 2 is 0.943 bits per heavy atom. The summed E-state index contributed by atoms with van der Waals surface area (Å²) >= 11 is 0. The highest BCUT2D eigenvalue weighted by atomic mass is 16.5. The molecule has 2 heteroatoms. The molecule has 0 aromatic heterocycles. The average Bonchev–Trinajstić information content (AvgIpc) is 2.90. The summed E-state index contributed by atoms with van der Waals surface area (Å²) in [5.41, 5.74) is 0. The molecular formula is C33H56O2. The van der Waals surface area contributed by atoms with Gasteiger partial charge in [-0.1, -0.05) is 110 Å². The van der Waals surface area contributed by atoms with E-state index in [1.54, 1.807) is 0 Å². The van der Waals surface area contributed by atoms with Crippen LogP contribution in [0.5, 0.6) is 11.5 Å². The van der Waals surface area contributed by atoms with Crippen molar-refractivity contribution in [2.24, 2.45) is 23.7 Å². The van der Waals surface area contributed by atoms with E-state index in [4.69, 9.17) is 9.47 Å². The molecule has 2 fully saturated rings. The van der Waals surface area contributed by atoms with Gasteiger partial charge in [-0.25, -0.2) is 0 Å². The quantitative estimate of drug-likeness (QED) is 0.205. The van der Waals surface area contributed by atoms with Crippen LogP contribution in [-0.2, 0) is 0 Å². The Hall–Kier alpha value is -1.18. The number of ether oxygens (including phenoxy) is 2. The second-order valence-electron chi connectivity index (χ2n) is 11.9. The molecule has 2 nitrogen and oxygen atoms in total. The Balaban J connectivity index is 1.20. The zero-order valence-corrected chi connectivity index (χ0v) is 23.3. The molecule has 35 heavy (non-hydrogen) atoms. The Labute approximate surface area is 218 Å². The number of unbranched alkanes of at least 4 members (excludes halogenated alkanes) is 5. The second-order valence-corrected chi connectivity index (χ2v) is 11.9. The number of hydrogen-bond donors (Lipinski definition) is 0. The smallest absolute Gasteiger partial charge is 0.119 e. The SMILES string of the molecule is CCCCCCC1CCC(COc2ccc(OCCCC3CCC(CCCCC)CC3)cc2)CC1. The Kier molecular flexibility index (Phi) is 14.0. The van der Waals surface area contributed by atoms with Crippen molar-refractivity contribution in [2.75, 3.05) is 13.2 Å². The maximum atomic E-state index is 6.14. The monoisotopic (exact) mass is 484 g/mol. The largest absolute Gasteiger partial charge is 0.494 e. The van der Waals surface area contributed by atoms with Crippen molar-refractivity contribution in [3.05, 3.63) is 24.3 Å². The van der Waals surface area contributed by atoms with E-state index in [0.717, 1.165) is 48.4 Å². The van der Waals surface area contributed by atoms with Crippen LogP contribution in [0.2, 0.25) is 0 Å². The summed E-state index contributed by atoms with van der Waals surface area (Å²) < 4.78 is 12.2. The third-order valence-electron chi connectivity index (χ3n) is 8.95. The van der Waals surface area contributed by atoms with E-state index in [0.29, 0.717) is 0 Å². The van der Waals surface area contributed by atoms with Gasteiger partial charge in [-0.05, 0) is 73.6 Å². The summed E-state index contributed by atoms with van der Waals surface area (Å²) in [6, 6.07) is 8.36. The van der Waals surface area contributed by atoms with E-state index in [1.807, 2.05) is 0 Å². The van der Waals surface area contributed by atoms with Gasteiger partial charge in [-0.3, -0.25) is 0 Å². The van der Waals surface area contributed by atoms with Gasteiger partial charge in [0.05, 0.1) is 13.2 Å². The summed E-state index contributed by atoms with van der Waals surface area (Å²) in [5, 5.41) is 0. The van der Waals surface area contributed by atoms with Crippen LogP contribution in [0.4, 0.5) is 0 Å². The summed E-state index contributed by atoms with van der Waals surface area (Å²) in [5.74, 6) is 5.66. The highest BCUT2D eigenvalue weighted by molar-refractivity contribution is 5.31. The minimum Gasteiger partial charge on any atom is -0.494 e. The Morgan fingerprint density at radius 3 is 1.49 bits per heavy atom. The van der Waals surface area contributed by atoms with E-state index in [2.05, 4.69) is 38.1 Å². The van der Waals surface area contributed by atoms with Crippen molar-refractivity contribution >= 4 is 0 Å². The summed E-state index contributed by atoms with van der Waals surface area (Å²) in [7, 11) is 0. The Bertz CT molecular complexity index is 623. The predicted molar refractivity (Wildman–Crippen MR) is 150 cm³/mol. The van der Waals surface area contributed by atoms with Crippen LogP contribution in [0.3, 0.4) is 0 Å². The summed E-state index contributed by atoms with van der Waals surface area (Å²) in [6.45, 7) is 6.33. The first kappa shape index (κ1) is 28.4. The molecule has 0 radical (unpaired) electrons. The summed E-state index contributed by atoms with van der Waals surface area (Å²) in [6.07, 6.45) is 26.6. The minimum absolute atomic E-state index is 0.740. The molecule has 2 saturated carbocycles. The standard InChI is InChI=1S/C33H56O2/c1-3-5-7-9-12-29-18-20-31(21-19-29)27-35-33-24-22-32(23-25-33)34-26-10-13-30-16-14-28(15-17-30)11-8-6-4-2/h22-25,28-31H,3-21,26-27H2,1-2H3. The first-order chi connectivity index (χ1) is 17.3. The minimum atomic E-state index is 0.740. The van der Waals surface area contributed by atoms with Gasteiger partial charge < -0.3 is 9.47 Å². The molecule has 0 spiro atoms. The van der Waals surface area contributed by atoms with Gasteiger partial charge in [-0.2, -0.15) is 0 Å². The fourth-order valence-corrected chi connectivity index (χ4v) is 6.45. The summed E-state index contributed by atoms with van der Waals surface area (Å²) in [4.78, 5) is 0. The van der Waals surface area contributed by atoms with Crippen LogP contribution >= 0.6 is 0 Å². The van der Waals surface area contributed by atoms with E-state index in [9.17, 15) is 0 Å². The highest BCUT2D eigenvalue weighted by Crippen LogP contribution is 2.35. The normalized spacial score (nSPS) is 24.9. The Morgan fingerprint density at radius 1 is 0.514 bits per heavy atom. The molecule has 1 aromatic rings. The molecule has 1 aromatic carbocycles. The number of hydrogen-bond acceptors (Lipinski definition) is 2. The first-order valence-electron chi connectivity index (χ1n) is 15.6. The van der Waals surface area contributed by atoms with Crippen LogP contribution in [0, 0.1) is 23.7 Å². The third-order valence-corrected chi connectivity index (χ3v) is 8.95. The first-order valence-corrected chi connectivity index (χ1v) is 15.6. The lowest BCUT2D eigenvalue weighted by Crippen LogP contribution is -2.20. The number of benzene rings is 1. The van der Waals surface area contributed by atoms with Crippen molar-refractivity contribution in [1.82, 2.24) is 0 Å². The molecule has 2 aliphatic rings. The molecule has 0 N–H and O–H groups in total. The van der Waals surface area contributed by atoms with Gasteiger partial charge in [0.15, 0.2) is 0 Å². The lowest BCUT2D eigenvalue weighted by Gasteiger charge is -2.28. The van der Waals surface area contributed by atoms with Crippen molar-refractivity contribution in [3.63, 3.8) is 0 Å². The van der Waals surface area contributed by atoms with Gasteiger partial charge in [0.1, 0.15) is 11.5 Å². The lowest BCUT2D eigenvalue weighted by atomic mass is 9.78. The average molecular weight is 485 g/mol. The van der Waals surface area contributed by atoms with Gasteiger partial charge in [0.25, 0.3) is 0 Å². The third kappa shape index (κ3) is 11.6. The lowest BCUT2D eigenvalue weighted by molar-refractivity contribution is 0.177. The van der Waals surface area contributed by atoms with Crippen LogP contribution < -0.4 is 9.47 Å².